The monoisotopic (exact) mass is 317 g/mol. The van der Waals surface area contributed by atoms with Gasteiger partial charge in [-0.2, -0.15) is 10.1 Å². The number of benzene rings is 1. The second-order valence-electron chi connectivity index (χ2n) is 5.46. The third kappa shape index (κ3) is 2.45. The zero-order valence-corrected chi connectivity index (χ0v) is 13.3. The highest BCUT2D eigenvalue weighted by molar-refractivity contribution is 6.04. The fraction of sp³-hybridized carbons (Fsp3) is 0.118. The van der Waals surface area contributed by atoms with Crippen LogP contribution in [0.5, 0.6) is 0 Å². The summed E-state index contributed by atoms with van der Waals surface area (Å²) < 4.78 is 2.00. The molecule has 7 heteroatoms. The number of hydrogen-bond donors (Lipinski definition) is 1. The highest BCUT2D eigenvalue weighted by atomic mass is 15.4. The van der Waals surface area contributed by atoms with Gasteiger partial charge in [0, 0.05) is 18.1 Å². The molecule has 0 aliphatic carbocycles. The molecule has 4 rings (SSSR count). The van der Waals surface area contributed by atoms with Crippen molar-refractivity contribution in [3.05, 3.63) is 53.9 Å². The van der Waals surface area contributed by atoms with Gasteiger partial charge >= 0.3 is 0 Å². The van der Waals surface area contributed by atoms with Crippen molar-refractivity contribution in [2.24, 2.45) is 12.1 Å². The van der Waals surface area contributed by atoms with Crippen LogP contribution < -0.4 is 5.43 Å². The van der Waals surface area contributed by atoms with Gasteiger partial charge in [-0.05, 0) is 25.1 Å². The standard InChI is InChI=1S/C17H15N7/c1-11-6-5-7-12(19-11)10-18-22-17-20-16-15(21-23-17)13-8-3-4-9-14(13)24(16)2/h3-10H,1-2H3,(H,20,22,23)/b18-10-. The average molecular weight is 317 g/mol. The topological polar surface area (TPSA) is 80.9 Å². The summed E-state index contributed by atoms with van der Waals surface area (Å²) in [6.45, 7) is 1.94. The lowest BCUT2D eigenvalue weighted by Crippen LogP contribution is -2.01. The van der Waals surface area contributed by atoms with Gasteiger partial charge in [-0.3, -0.25) is 4.98 Å². The van der Waals surface area contributed by atoms with E-state index < -0.39 is 0 Å². The van der Waals surface area contributed by atoms with Crippen molar-refractivity contribution < 1.29 is 0 Å². The number of rotatable bonds is 3. The van der Waals surface area contributed by atoms with Gasteiger partial charge < -0.3 is 4.57 Å². The molecule has 3 aromatic heterocycles. The Balaban J connectivity index is 1.66. The van der Waals surface area contributed by atoms with Crippen molar-refractivity contribution in [2.75, 3.05) is 5.43 Å². The summed E-state index contributed by atoms with van der Waals surface area (Å²) in [5.74, 6) is 0.345. The number of nitrogens with one attached hydrogen (secondary N) is 1. The fourth-order valence-electron chi connectivity index (χ4n) is 2.65. The van der Waals surface area contributed by atoms with Crippen molar-refractivity contribution in [2.45, 2.75) is 6.92 Å². The lowest BCUT2D eigenvalue weighted by atomic mass is 10.2. The Morgan fingerprint density at radius 2 is 1.92 bits per heavy atom. The van der Waals surface area contributed by atoms with E-state index in [9.17, 15) is 0 Å². The Labute approximate surface area is 138 Å². The highest BCUT2D eigenvalue weighted by Gasteiger charge is 2.11. The van der Waals surface area contributed by atoms with E-state index in [2.05, 4.69) is 30.7 Å². The third-order valence-electron chi connectivity index (χ3n) is 3.78. The van der Waals surface area contributed by atoms with E-state index in [1.165, 1.54) is 0 Å². The summed E-state index contributed by atoms with van der Waals surface area (Å²) in [6, 6.07) is 13.8. The first-order valence-electron chi connectivity index (χ1n) is 7.53. The maximum Gasteiger partial charge on any atom is 0.265 e. The molecule has 0 atom stereocenters. The van der Waals surface area contributed by atoms with Crippen LogP contribution in [0.25, 0.3) is 22.1 Å². The summed E-state index contributed by atoms with van der Waals surface area (Å²) >= 11 is 0. The van der Waals surface area contributed by atoms with E-state index >= 15 is 0 Å². The molecule has 0 aliphatic rings. The molecule has 24 heavy (non-hydrogen) atoms. The number of hydrogen-bond acceptors (Lipinski definition) is 6. The lowest BCUT2D eigenvalue weighted by Gasteiger charge is -1.99. The van der Waals surface area contributed by atoms with E-state index in [1.54, 1.807) is 6.21 Å². The molecular formula is C17H15N7. The molecule has 3 heterocycles. The van der Waals surface area contributed by atoms with E-state index in [4.69, 9.17) is 0 Å². The number of fused-ring (bicyclic) bond motifs is 3. The number of hydrazone groups is 1. The molecule has 0 aliphatic heterocycles. The van der Waals surface area contributed by atoms with Crippen LogP contribution in [-0.4, -0.2) is 30.9 Å². The number of para-hydroxylation sites is 1. The Hall–Kier alpha value is -3.35. The Morgan fingerprint density at radius 3 is 2.79 bits per heavy atom. The number of aromatic nitrogens is 5. The van der Waals surface area contributed by atoms with Crippen LogP contribution in [0.4, 0.5) is 5.95 Å². The molecule has 1 N–H and O–H groups in total. The summed E-state index contributed by atoms with van der Waals surface area (Å²) in [6.07, 6.45) is 1.63. The molecule has 0 unspecified atom stereocenters. The van der Waals surface area contributed by atoms with Crippen LogP contribution in [0.15, 0.2) is 47.6 Å². The third-order valence-corrected chi connectivity index (χ3v) is 3.78. The number of aryl methyl sites for hydroxylation is 2. The molecule has 1 aromatic carbocycles. The van der Waals surface area contributed by atoms with Gasteiger partial charge in [0.05, 0.1) is 17.4 Å². The first-order valence-corrected chi connectivity index (χ1v) is 7.53. The molecule has 0 fully saturated rings. The molecule has 7 nitrogen and oxygen atoms in total. The van der Waals surface area contributed by atoms with Crippen molar-refractivity contribution >= 4 is 34.2 Å². The average Bonchev–Trinajstić information content (AvgIpc) is 2.88. The van der Waals surface area contributed by atoms with Crippen LogP contribution in [0.1, 0.15) is 11.4 Å². The molecule has 4 aromatic rings. The van der Waals surface area contributed by atoms with Gasteiger partial charge in [0.2, 0.25) is 0 Å². The second-order valence-corrected chi connectivity index (χ2v) is 5.46. The summed E-state index contributed by atoms with van der Waals surface area (Å²) in [4.78, 5) is 8.85. The zero-order valence-electron chi connectivity index (χ0n) is 13.3. The molecule has 0 saturated heterocycles. The van der Waals surface area contributed by atoms with Crippen molar-refractivity contribution in [1.82, 2.24) is 24.7 Å². The minimum Gasteiger partial charge on any atom is -0.327 e. The first kappa shape index (κ1) is 14.3. The van der Waals surface area contributed by atoms with E-state index in [0.29, 0.717) is 5.95 Å². The predicted molar refractivity (Wildman–Crippen MR) is 94.0 cm³/mol. The van der Waals surface area contributed by atoms with E-state index in [0.717, 1.165) is 33.5 Å². The van der Waals surface area contributed by atoms with Gasteiger partial charge in [0.1, 0.15) is 5.52 Å². The lowest BCUT2D eigenvalue weighted by molar-refractivity contribution is 0.949. The minimum atomic E-state index is 0.345. The summed E-state index contributed by atoms with van der Waals surface area (Å²) in [7, 11) is 1.96. The summed E-state index contributed by atoms with van der Waals surface area (Å²) in [5, 5.41) is 13.6. The normalized spacial score (nSPS) is 11.6. The zero-order chi connectivity index (χ0) is 16.5. The van der Waals surface area contributed by atoms with Gasteiger partial charge in [0.15, 0.2) is 5.65 Å². The van der Waals surface area contributed by atoms with Gasteiger partial charge in [-0.1, -0.05) is 24.3 Å². The van der Waals surface area contributed by atoms with Crippen LogP contribution in [0.3, 0.4) is 0 Å². The Morgan fingerprint density at radius 1 is 1.04 bits per heavy atom. The maximum absolute atomic E-state index is 4.50. The number of anilines is 1. The second kappa shape index (κ2) is 5.69. The van der Waals surface area contributed by atoms with Crippen LogP contribution >= 0.6 is 0 Å². The van der Waals surface area contributed by atoms with Crippen molar-refractivity contribution in [1.29, 1.82) is 0 Å². The highest BCUT2D eigenvalue weighted by Crippen LogP contribution is 2.24. The minimum absolute atomic E-state index is 0.345. The first-order chi connectivity index (χ1) is 11.7. The predicted octanol–water partition coefficient (Wildman–Crippen LogP) is 2.67. The van der Waals surface area contributed by atoms with Crippen molar-refractivity contribution in [3.63, 3.8) is 0 Å². The Bertz CT molecular complexity index is 1070. The molecule has 0 saturated carbocycles. The summed E-state index contributed by atoms with van der Waals surface area (Å²) in [5.41, 5.74) is 7.12. The fourth-order valence-corrected chi connectivity index (χ4v) is 2.65. The SMILES string of the molecule is Cc1cccc(/C=N\Nc2nnc3c4ccccc4n(C)c3n2)n1. The smallest absolute Gasteiger partial charge is 0.265 e. The van der Waals surface area contributed by atoms with Crippen LogP contribution in [0.2, 0.25) is 0 Å². The van der Waals surface area contributed by atoms with Crippen molar-refractivity contribution in [3.8, 4) is 0 Å². The molecule has 0 amide bonds. The maximum atomic E-state index is 4.50. The van der Waals surface area contributed by atoms with Crippen LogP contribution in [-0.2, 0) is 7.05 Å². The van der Waals surface area contributed by atoms with Gasteiger partial charge in [-0.15, -0.1) is 10.2 Å². The van der Waals surface area contributed by atoms with Gasteiger partial charge in [-0.25, -0.2) is 5.43 Å². The Kier molecular flexibility index (Phi) is 3.38. The van der Waals surface area contributed by atoms with Gasteiger partial charge in [0.25, 0.3) is 5.95 Å². The molecule has 0 radical (unpaired) electrons. The molecule has 0 bridgehead atoms. The van der Waals surface area contributed by atoms with E-state index in [1.807, 2.05) is 61.0 Å². The molecule has 0 spiro atoms. The molecule has 118 valence electrons. The quantitative estimate of drug-likeness (QED) is 0.464. The largest absolute Gasteiger partial charge is 0.327 e. The number of pyridine rings is 1. The van der Waals surface area contributed by atoms with E-state index in [-0.39, 0.29) is 0 Å². The molecular weight excluding hydrogens is 302 g/mol. The van der Waals surface area contributed by atoms with Crippen LogP contribution in [0, 0.1) is 6.92 Å². The number of nitrogens with zero attached hydrogens (tertiary/aromatic N) is 6.